The van der Waals surface area contributed by atoms with Crippen LogP contribution in [0.5, 0.6) is 0 Å². The van der Waals surface area contributed by atoms with E-state index in [0.29, 0.717) is 6.54 Å². The Morgan fingerprint density at radius 3 is 2.35 bits per heavy atom. The second-order valence-corrected chi connectivity index (χ2v) is 6.35. The summed E-state index contributed by atoms with van der Waals surface area (Å²) in [7, 11) is 0. The maximum atomic E-state index is 11.5. The molecule has 0 bridgehead atoms. The van der Waals surface area contributed by atoms with Crippen LogP contribution in [0.2, 0.25) is 0 Å². The van der Waals surface area contributed by atoms with Gasteiger partial charge in [-0.2, -0.15) is 0 Å². The van der Waals surface area contributed by atoms with Crippen LogP contribution in [0.3, 0.4) is 0 Å². The Bertz CT molecular complexity index is 274. The maximum absolute atomic E-state index is 11.5. The Balaban J connectivity index is 1.32. The molecule has 2 aliphatic rings. The molecule has 4 nitrogen and oxygen atoms in total. The molecule has 0 atom stereocenters. The molecule has 2 aliphatic carbocycles. The second-order valence-electron chi connectivity index (χ2n) is 6.35. The first-order valence-electron chi connectivity index (χ1n) is 8.44. The third-order valence-corrected chi connectivity index (χ3v) is 4.35. The number of nitrogens with one attached hydrogen (secondary N) is 2. The molecule has 0 aliphatic heterocycles. The summed E-state index contributed by atoms with van der Waals surface area (Å²) >= 11 is 0. The third kappa shape index (κ3) is 7.13. The van der Waals surface area contributed by atoms with E-state index in [1.807, 2.05) is 0 Å². The molecule has 0 aromatic carbocycles. The molecule has 0 heterocycles. The Kier molecular flexibility index (Phi) is 7.20. The summed E-state index contributed by atoms with van der Waals surface area (Å²) in [5.74, 6) is 1.75. The average Bonchev–Trinajstić information content (AvgIpc) is 3.12. The maximum Gasteiger partial charge on any atom is 0.314 e. The Morgan fingerprint density at radius 2 is 1.65 bits per heavy atom. The zero-order chi connectivity index (χ0) is 14.0. The van der Waals surface area contributed by atoms with Gasteiger partial charge >= 0.3 is 6.03 Å². The molecule has 0 aromatic heterocycles. The standard InChI is InChI=1S/C16H30N2O2/c19-16(17-10-3-7-14-5-1-2-6-14)18-11-4-12-20-13-15-8-9-15/h14-15H,1-13H2,(H2,17,18,19). The van der Waals surface area contributed by atoms with Crippen LogP contribution in [0.25, 0.3) is 0 Å². The highest BCUT2D eigenvalue weighted by atomic mass is 16.5. The molecule has 2 rings (SSSR count). The van der Waals surface area contributed by atoms with Crippen molar-refractivity contribution >= 4 is 6.03 Å². The van der Waals surface area contributed by atoms with Crippen LogP contribution < -0.4 is 10.6 Å². The monoisotopic (exact) mass is 282 g/mol. The summed E-state index contributed by atoms with van der Waals surface area (Å²) in [6, 6.07) is -0.0291. The van der Waals surface area contributed by atoms with Gasteiger partial charge in [0, 0.05) is 26.3 Å². The van der Waals surface area contributed by atoms with E-state index in [9.17, 15) is 4.79 Å². The first-order valence-corrected chi connectivity index (χ1v) is 8.44. The highest BCUT2D eigenvalue weighted by Crippen LogP contribution is 2.29. The lowest BCUT2D eigenvalue weighted by atomic mass is 10.0. The summed E-state index contributed by atoms with van der Waals surface area (Å²) in [6.45, 7) is 3.19. The molecule has 0 saturated heterocycles. The van der Waals surface area contributed by atoms with Crippen molar-refractivity contribution in [1.82, 2.24) is 10.6 Å². The van der Waals surface area contributed by atoms with Gasteiger partial charge < -0.3 is 15.4 Å². The molecule has 0 unspecified atom stereocenters. The lowest BCUT2D eigenvalue weighted by molar-refractivity contribution is 0.122. The smallest absolute Gasteiger partial charge is 0.314 e. The lowest BCUT2D eigenvalue weighted by Crippen LogP contribution is -2.36. The van der Waals surface area contributed by atoms with E-state index in [0.717, 1.165) is 44.4 Å². The summed E-state index contributed by atoms with van der Waals surface area (Å²) < 4.78 is 5.52. The van der Waals surface area contributed by atoms with E-state index in [2.05, 4.69) is 10.6 Å². The summed E-state index contributed by atoms with van der Waals surface area (Å²) in [5.41, 5.74) is 0. The molecule has 4 heteroatoms. The topological polar surface area (TPSA) is 50.4 Å². The van der Waals surface area contributed by atoms with Crippen LogP contribution in [-0.4, -0.2) is 32.3 Å². The van der Waals surface area contributed by atoms with Crippen molar-refractivity contribution in [2.24, 2.45) is 11.8 Å². The van der Waals surface area contributed by atoms with Gasteiger partial charge in [-0.25, -0.2) is 4.79 Å². The second kappa shape index (κ2) is 9.22. The van der Waals surface area contributed by atoms with E-state index < -0.39 is 0 Å². The number of carbonyl (C=O) groups excluding carboxylic acids is 1. The van der Waals surface area contributed by atoms with Crippen LogP contribution in [0.1, 0.15) is 57.8 Å². The van der Waals surface area contributed by atoms with Gasteiger partial charge in [0.25, 0.3) is 0 Å². The number of hydrogen-bond donors (Lipinski definition) is 2. The molecular weight excluding hydrogens is 252 g/mol. The normalized spacial score (nSPS) is 19.2. The number of rotatable bonds is 10. The fourth-order valence-electron chi connectivity index (χ4n) is 2.86. The largest absolute Gasteiger partial charge is 0.381 e. The molecule has 2 fully saturated rings. The number of amides is 2. The average molecular weight is 282 g/mol. The third-order valence-electron chi connectivity index (χ3n) is 4.35. The van der Waals surface area contributed by atoms with Gasteiger partial charge in [-0.05, 0) is 43.9 Å². The predicted molar refractivity (Wildman–Crippen MR) is 80.8 cm³/mol. The quantitative estimate of drug-likeness (QED) is 0.605. The Labute approximate surface area is 123 Å². The van der Waals surface area contributed by atoms with Gasteiger partial charge in [-0.1, -0.05) is 25.7 Å². The van der Waals surface area contributed by atoms with Crippen molar-refractivity contribution in [1.29, 1.82) is 0 Å². The number of hydrogen-bond acceptors (Lipinski definition) is 2. The van der Waals surface area contributed by atoms with Gasteiger partial charge in [0.15, 0.2) is 0 Å². The molecule has 2 amide bonds. The number of carbonyl (C=O) groups is 1. The molecular formula is C16H30N2O2. The van der Waals surface area contributed by atoms with Crippen molar-refractivity contribution < 1.29 is 9.53 Å². The molecule has 2 N–H and O–H groups in total. The highest BCUT2D eigenvalue weighted by molar-refractivity contribution is 5.73. The van der Waals surface area contributed by atoms with E-state index in [4.69, 9.17) is 4.74 Å². The first-order chi connectivity index (χ1) is 9.84. The summed E-state index contributed by atoms with van der Waals surface area (Å²) in [5, 5.41) is 5.82. The van der Waals surface area contributed by atoms with Crippen LogP contribution in [0, 0.1) is 11.8 Å². The van der Waals surface area contributed by atoms with Crippen LogP contribution >= 0.6 is 0 Å². The van der Waals surface area contributed by atoms with E-state index in [1.165, 1.54) is 44.9 Å². The zero-order valence-corrected chi connectivity index (χ0v) is 12.7. The van der Waals surface area contributed by atoms with Crippen LogP contribution in [-0.2, 0) is 4.74 Å². The van der Waals surface area contributed by atoms with Gasteiger partial charge in [-0.3, -0.25) is 0 Å². The zero-order valence-electron chi connectivity index (χ0n) is 12.7. The van der Waals surface area contributed by atoms with Gasteiger partial charge in [0.1, 0.15) is 0 Å². The molecule has 0 aromatic rings. The Morgan fingerprint density at radius 1 is 0.950 bits per heavy atom. The van der Waals surface area contributed by atoms with E-state index >= 15 is 0 Å². The van der Waals surface area contributed by atoms with Crippen molar-refractivity contribution in [3.05, 3.63) is 0 Å². The van der Waals surface area contributed by atoms with Crippen molar-refractivity contribution in [3.8, 4) is 0 Å². The minimum absolute atomic E-state index is 0.0291. The lowest BCUT2D eigenvalue weighted by Gasteiger charge is -2.10. The summed E-state index contributed by atoms with van der Waals surface area (Å²) in [4.78, 5) is 11.5. The van der Waals surface area contributed by atoms with Crippen LogP contribution in [0.4, 0.5) is 4.79 Å². The first kappa shape index (κ1) is 15.6. The molecule has 116 valence electrons. The minimum Gasteiger partial charge on any atom is -0.381 e. The molecule has 20 heavy (non-hydrogen) atoms. The van der Waals surface area contributed by atoms with Crippen molar-refractivity contribution in [2.45, 2.75) is 57.8 Å². The molecule has 0 spiro atoms. The summed E-state index contributed by atoms with van der Waals surface area (Å²) in [6.07, 6.45) is 11.6. The van der Waals surface area contributed by atoms with Crippen molar-refractivity contribution in [2.75, 3.05) is 26.3 Å². The number of urea groups is 1. The molecule has 0 radical (unpaired) electrons. The SMILES string of the molecule is O=C(NCCCOCC1CC1)NCCCC1CCCC1. The van der Waals surface area contributed by atoms with Gasteiger partial charge in [0.05, 0.1) is 0 Å². The fourth-order valence-corrected chi connectivity index (χ4v) is 2.86. The van der Waals surface area contributed by atoms with E-state index in [-0.39, 0.29) is 6.03 Å². The Hall–Kier alpha value is -0.770. The number of ether oxygens (including phenoxy) is 1. The van der Waals surface area contributed by atoms with Gasteiger partial charge in [0.2, 0.25) is 0 Å². The highest BCUT2D eigenvalue weighted by Gasteiger charge is 2.20. The van der Waals surface area contributed by atoms with E-state index in [1.54, 1.807) is 0 Å². The van der Waals surface area contributed by atoms with Gasteiger partial charge in [-0.15, -0.1) is 0 Å². The fraction of sp³-hybridized carbons (Fsp3) is 0.938. The van der Waals surface area contributed by atoms with Crippen molar-refractivity contribution in [3.63, 3.8) is 0 Å². The van der Waals surface area contributed by atoms with Crippen LogP contribution in [0.15, 0.2) is 0 Å². The predicted octanol–water partition coefficient (Wildman–Crippen LogP) is 3.07. The molecule has 2 saturated carbocycles. The minimum atomic E-state index is -0.0291.